The van der Waals surface area contributed by atoms with E-state index in [9.17, 15) is 19.5 Å². The fourth-order valence-electron chi connectivity index (χ4n) is 5.45. The van der Waals surface area contributed by atoms with Crippen LogP contribution in [0, 0.1) is 17.3 Å². The number of carbonyl (C=O) groups is 3. The van der Waals surface area contributed by atoms with Gasteiger partial charge in [0.1, 0.15) is 0 Å². The fraction of sp³-hybridized carbons (Fsp3) is 0.833. The summed E-state index contributed by atoms with van der Waals surface area (Å²) in [5, 5.41) is 15.6. The molecular formula is C18H26N2O5. The highest BCUT2D eigenvalue weighted by atomic mass is 16.5. The summed E-state index contributed by atoms with van der Waals surface area (Å²) in [7, 11) is 0. The van der Waals surface area contributed by atoms with Crippen LogP contribution in [0.15, 0.2) is 0 Å². The minimum atomic E-state index is -1.03. The van der Waals surface area contributed by atoms with E-state index in [0.29, 0.717) is 18.3 Å². The number of ether oxygens (including phenoxy) is 1. The Hall–Kier alpha value is -1.63. The van der Waals surface area contributed by atoms with Crippen LogP contribution < -0.4 is 10.6 Å². The third-order valence-corrected chi connectivity index (χ3v) is 6.27. The molecule has 0 saturated heterocycles. The Balaban J connectivity index is 1.36. The lowest BCUT2D eigenvalue weighted by molar-refractivity contribution is -0.199. The van der Waals surface area contributed by atoms with E-state index in [0.717, 1.165) is 44.9 Å². The van der Waals surface area contributed by atoms with Crippen molar-refractivity contribution >= 4 is 17.9 Å². The minimum absolute atomic E-state index is 0.151. The lowest BCUT2D eigenvalue weighted by Crippen LogP contribution is -2.59. The molecule has 25 heavy (non-hydrogen) atoms. The van der Waals surface area contributed by atoms with Crippen molar-refractivity contribution in [1.82, 2.24) is 10.6 Å². The Morgan fingerprint density at radius 2 is 1.76 bits per heavy atom. The van der Waals surface area contributed by atoms with Gasteiger partial charge in [-0.3, -0.25) is 14.9 Å². The maximum absolute atomic E-state index is 12.8. The molecule has 3 N–H and O–H groups in total. The van der Waals surface area contributed by atoms with E-state index in [1.165, 1.54) is 6.92 Å². The molecule has 3 amide bonds. The molecular weight excluding hydrogens is 324 g/mol. The number of aliphatic hydroxyl groups is 1. The molecule has 4 bridgehead atoms. The van der Waals surface area contributed by atoms with Gasteiger partial charge in [-0.25, -0.2) is 4.79 Å². The predicted molar refractivity (Wildman–Crippen MR) is 87.3 cm³/mol. The van der Waals surface area contributed by atoms with E-state index >= 15 is 0 Å². The number of urea groups is 1. The van der Waals surface area contributed by atoms with Gasteiger partial charge in [0, 0.05) is 6.04 Å². The average Bonchev–Trinajstić information content (AvgIpc) is 3.28. The van der Waals surface area contributed by atoms with E-state index < -0.39 is 35.0 Å². The van der Waals surface area contributed by atoms with Crippen LogP contribution in [0.4, 0.5) is 4.79 Å². The van der Waals surface area contributed by atoms with Crippen LogP contribution in [0.2, 0.25) is 0 Å². The van der Waals surface area contributed by atoms with Crippen molar-refractivity contribution in [2.75, 3.05) is 0 Å². The molecule has 0 aromatic carbocycles. The first-order valence-electron chi connectivity index (χ1n) is 9.32. The van der Waals surface area contributed by atoms with Gasteiger partial charge in [0.05, 0.1) is 11.0 Å². The van der Waals surface area contributed by atoms with E-state index in [2.05, 4.69) is 10.6 Å². The molecule has 0 aromatic rings. The number of carbonyl (C=O) groups excluding carboxylic acids is 3. The molecule has 0 aromatic heterocycles. The topological polar surface area (TPSA) is 105 Å². The van der Waals surface area contributed by atoms with Gasteiger partial charge in [-0.15, -0.1) is 0 Å². The summed E-state index contributed by atoms with van der Waals surface area (Å²) in [6.45, 7) is 1.48. The van der Waals surface area contributed by atoms with Gasteiger partial charge >= 0.3 is 12.0 Å². The molecule has 0 spiro atoms. The molecule has 3 unspecified atom stereocenters. The first kappa shape index (κ1) is 16.8. The van der Waals surface area contributed by atoms with Crippen LogP contribution in [0.5, 0.6) is 0 Å². The first-order valence-corrected chi connectivity index (χ1v) is 9.32. The highest BCUT2D eigenvalue weighted by Gasteiger charge is 2.61. The Bertz CT molecular complexity index is 601. The molecule has 5 rings (SSSR count). The molecule has 138 valence electrons. The summed E-state index contributed by atoms with van der Waals surface area (Å²) in [6, 6.07) is -0.391. The molecule has 7 nitrogen and oxygen atoms in total. The van der Waals surface area contributed by atoms with Crippen LogP contribution in [-0.2, 0) is 14.3 Å². The van der Waals surface area contributed by atoms with Gasteiger partial charge in [-0.2, -0.15) is 0 Å². The van der Waals surface area contributed by atoms with Gasteiger partial charge in [0.2, 0.25) is 0 Å². The largest absolute Gasteiger partial charge is 0.452 e. The van der Waals surface area contributed by atoms with Crippen LogP contribution in [0.25, 0.3) is 0 Å². The smallest absolute Gasteiger partial charge is 0.321 e. The number of hydrogen-bond donors (Lipinski definition) is 3. The number of esters is 1. The molecule has 0 aliphatic heterocycles. The van der Waals surface area contributed by atoms with Crippen molar-refractivity contribution in [1.29, 1.82) is 0 Å². The van der Waals surface area contributed by atoms with Crippen LogP contribution >= 0.6 is 0 Å². The van der Waals surface area contributed by atoms with Crippen molar-refractivity contribution in [2.24, 2.45) is 17.3 Å². The van der Waals surface area contributed by atoms with Gasteiger partial charge < -0.3 is 15.2 Å². The predicted octanol–water partition coefficient (Wildman–Crippen LogP) is 1.24. The second kappa shape index (κ2) is 5.69. The van der Waals surface area contributed by atoms with Crippen molar-refractivity contribution in [3.05, 3.63) is 0 Å². The normalized spacial score (nSPS) is 39.6. The number of amides is 3. The van der Waals surface area contributed by atoms with Gasteiger partial charge in [-0.05, 0) is 70.1 Å². The summed E-state index contributed by atoms with van der Waals surface area (Å²) >= 11 is 0. The number of hydrogen-bond acceptors (Lipinski definition) is 5. The van der Waals surface area contributed by atoms with Crippen LogP contribution in [0.1, 0.15) is 58.3 Å². The van der Waals surface area contributed by atoms with Crippen molar-refractivity contribution in [2.45, 2.75) is 76.0 Å². The van der Waals surface area contributed by atoms with E-state index in [1.54, 1.807) is 0 Å². The quantitative estimate of drug-likeness (QED) is 0.662. The average molecular weight is 350 g/mol. The maximum Gasteiger partial charge on any atom is 0.321 e. The molecule has 5 aliphatic carbocycles. The zero-order valence-electron chi connectivity index (χ0n) is 14.5. The number of rotatable bonds is 4. The highest BCUT2D eigenvalue weighted by molar-refractivity contribution is 5.97. The molecule has 5 aliphatic rings. The van der Waals surface area contributed by atoms with Crippen LogP contribution in [0.3, 0.4) is 0 Å². The zero-order valence-corrected chi connectivity index (χ0v) is 14.5. The second-order valence-electron chi connectivity index (χ2n) is 8.75. The highest BCUT2D eigenvalue weighted by Crippen LogP contribution is 2.62. The standard InChI is InChI=1S/C18H26N2O5/c1-10(14(21)20-16(23)19-13-2-3-13)25-15(22)17-5-11-4-12(6-17)8-18(24,7-11)9-17/h10-13,24H,2-9H2,1H3,(H2,19,20,21,23). The molecule has 7 heteroatoms. The monoisotopic (exact) mass is 350 g/mol. The Labute approximate surface area is 146 Å². The van der Waals surface area contributed by atoms with Crippen molar-refractivity contribution < 1.29 is 24.2 Å². The minimum Gasteiger partial charge on any atom is -0.452 e. The molecule has 0 heterocycles. The summed E-state index contributed by atoms with van der Waals surface area (Å²) in [5.41, 5.74) is -1.41. The maximum atomic E-state index is 12.8. The molecule has 5 saturated carbocycles. The fourth-order valence-corrected chi connectivity index (χ4v) is 5.45. The lowest BCUT2D eigenvalue weighted by Gasteiger charge is -2.58. The third kappa shape index (κ3) is 3.26. The van der Waals surface area contributed by atoms with Crippen LogP contribution in [-0.4, -0.2) is 40.8 Å². The second-order valence-corrected chi connectivity index (χ2v) is 8.75. The Morgan fingerprint density at radius 3 is 2.32 bits per heavy atom. The van der Waals surface area contributed by atoms with Gasteiger partial charge in [-0.1, -0.05) is 0 Å². The third-order valence-electron chi connectivity index (χ3n) is 6.27. The summed E-state index contributed by atoms with van der Waals surface area (Å²) in [5.74, 6) is -0.278. The molecule has 5 fully saturated rings. The molecule has 0 radical (unpaired) electrons. The van der Waals surface area contributed by atoms with Gasteiger partial charge in [0.25, 0.3) is 5.91 Å². The summed E-state index contributed by atoms with van der Waals surface area (Å²) in [6.07, 6.45) is 5.37. The number of imide groups is 1. The van der Waals surface area contributed by atoms with Crippen molar-refractivity contribution in [3.8, 4) is 0 Å². The lowest BCUT2D eigenvalue weighted by atomic mass is 9.48. The van der Waals surface area contributed by atoms with E-state index in [1.807, 2.05) is 0 Å². The first-order chi connectivity index (χ1) is 11.8. The summed E-state index contributed by atoms with van der Waals surface area (Å²) < 4.78 is 5.42. The van der Waals surface area contributed by atoms with Gasteiger partial charge in [0.15, 0.2) is 6.10 Å². The Kier molecular flexibility index (Phi) is 3.83. The summed E-state index contributed by atoms with van der Waals surface area (Å²) in [4.78, 5) is 36.5. The SMILES string of the molecule is CC(OC(=O)C12CC3CC(CC(O)(C3)C1)C2)C(=O)NC(=O)NC1CC1. The zero-order chi connectivity index (χ0) is 17.8. The van der Waals surface area contributed by atoms with E-state index in [4.69, 9.17) is 4.74 Å². The number of nitrogens with one attached hydrogen (secondary N) is 2. The molecule has 3 atom stereocenters. The van der Waals surface area contributed by atoms with E-state index in [-0.39, 0.29) is 6.04 Å². The Morgan fingerprint density at radius 1 is 1.12 bits per heavy atom. The van der Waals surface area contributed by atoms with Crippen molar-refractivity contribution in [3.63, 3.8) is 0 Å².